The molecule has 1 aliphatic carbocycles. The van der Waals surface area contributed by atoms with E-state index in [4.69, 9.17) is 5.73 Å². The number of halogens is 3. The molecule has 1 aromatic carbocycles. The average molecular weight is 373 g/mol. The molecule has 0 heterocycles. The molecule has 1 atom stereocenters. The Kier molecular flexibility index (Phi) is 7.56. The summed E-state index contributed by atoms with van der Waals surface area (Å²) in [6.07, 6.45) is 2.03. The van der Waals surface area contributed by atoms with Gasteiger partial charge in [0, 0.05) is 18.8 Å². The minimum absolute atomic E-state index is 0.161. The van der Waals surface area contributed by atoms with Crippen LogP contribution < -0.4 is 21.1 Å². The minimum atomic E-state index is -4.70. The van der Waals surface area contributed by atoms with E-state index in [2.05, 4.69) is 15.4 Å². The first-order chi connectivity index (χ1) is 12.3. The summed E-state index contributed by atoms with van der Waals surface area (Å²) in [7, 11) is 0. The van der Waals surface area contributed by atoms with Crippen molar-refractivity contribution in [2.75, 3.05) is 18.4 Å². The van der Waals surface area contributed by atoms with Crippen molar-refractivity contribution in [3.63, 3.8) is 0 Å². The lowest BCUT2D eigenvalue weighted by atomic mass is 9.85. The van der Waals surface area contributed by atoms with Crippen LogP contribution in [-0.4, -0.2) is 31.4 Å². The number of ether oxygens (including phenoxy) is 1. The van der Waals surface area contributed by atoms with E-state index in [1.165, 1.54) is 43.5 Å². The number of carbonyl (C=O) groups is 1. The number of nitrogens with two attached hydrogens (primary N) is 1. The second-order valence-corrected chi connectivity index (χ2v) is 6.64. The normalized spacial score (nSPS) is 16.8. The van der Waals surface area contributed by atoms with E-state index < -0.39 is 12.4 Å². The summed E-state index contributed by atoms with van der Waals surface area (Å²) in [6, 6.07) is 4.94. The number of hydrogen-bond donors (Lipinski definition) is 3. The minimum Gasteiger partial charge on any atom is -0.406 e. The van der Waals surface area contributed by atoms with E-state index in [9.17, 15) is 18.0 Å². The summed E-state index contributed by atoms with van der Waals surface area (Å²) >= 11 is 0. The molecule has 0 spiro atoms. The quantitative estimate of drug-likeness (QED) is 0.611. The molecule has 4 N–H and O–H groups in total. The summed E-state index contributed by atoms with van der Waals surface area (Å²) in [5.74, 6) is 0.108. The maximum atomic E-state index is 12.1. The monoisotopic (exact) mass is 373 g/mol. The third-order valence-corrected chi connectivity index (χ3v) is 4.49. The largest absolute Gasteiger partial charge is 0.573 e. The first-order valence-corrected chi connectivity index (χ1v) is 8.96. The number of benzene rings is 1. The van der Waals surface area contributed by atoms with Crippen molar-refractivity contribution in [2.45, 2.75) is 50.9 Å². The number of hydrogen-bond acceptors (Lipinski definition) is 4. The molecule has 1 saturated carbocycles. The van der Waals surface area contributed by atoms with Crippen LogP contribution >= 0.6 is 0 Å². The number of nitrogens with one attached hydrogen (secondary N) is 2. The van der Waals surface area contributed by atoms with Crippen LogP contribution in [0.1, 0.15) is 38.5 Å². The average Bonchev–Trinajstić information content (AvgIpc) is 2.59. The van der Waals surface area contributed by atoms with Crippen LogP contribution in [0.3, 0.4) is 0 Å². The highest BCUT2D eigenvalue weighted by molar-refractivity contribution is 5.81. The molecule has 8 heteroatoms. The van der Waals surface area contributed by atoms with Gasteiger partial charge in [0.2, 0.25) is 5.91 Å². The van der Waals surface area contributed by atoms with Crippen LogP contribution in [0.25, 0.3) is 0 Å². The summed E-state index contributed by atoms with van der Waals surface area (Å²) in [6.45, 7) is 0.833. The Bertz CT molecular complexity index is 558. The molecule has 5 nitrogen and oxygen atoms in total. The Morgan fingerprint density at radius 2 is 1.81 bits per heavy atom. The number of carbonyl (C=O) groups excluding carboxylic acids is 1. The number of anilines is 1. The van der Waals surface area contributed by atoms with Gasteiger partial charge in [0.05, 0.1) is 6.04 Å². The molecule has 1 unspecified atom stereocenters. The molecular weight excluding hydrogens is 347 g/mol. The highest BCUT2D eigenvalue weighted by Crippen LogP contribution is 2.27. The van der Waals surface area contributed by atoms with Crippen LogP contribution in [-0.2, 0) is 4.79 Å². The number of alkyl halides is 3. The zero-order chi connectivity index (χ0) is 19.0. The predicted octanol–water partition coefficient (Wildman–Crippen LogP) is 3.41. The van der Waals surface area contributed by atoms with Gasteiger partial charge < -0.3 is 21.1 Å². The van der Waals surface area contributed by atoms with Gasteiger partial charge in [-0.1, -0.05) is 32.1 Å². The van der Waals surface area contributed by atoms with E-state index in [1.54, 1.807) is 0 Å². The Morgan fingerprint density at radius 3 is 2.42 bits per heavy atom. The summed E-state index contributed by atoms with van der Waals surface area (Å²) in [5, 5.41) is 5.80. The fourth-order valence-corrected chi connectivity index (χ4v) is 3.19. The lowest BCUT2D eigenvalue weighted by Gasteiger charge is -2.24. The molecule has 0 saturated heterocycles. The molecule has 26 heavy (non-hydrogen) atoms. The van der Waals surface area contributed by atoms with Gasteiger partial charge in [0.25, 0.3) is 0 Å². The fourth-order valence-electron chi connectivity index (χ4n) is 3.19. The van der Waals surface area contributed by atoms with Crippen molar-refractivity contribution in [1.82, 2.24) is 5.32 Å². The number of rotatable bonds is 8. The van der Waals surface area contributed by atoms with E-state index >= 15 is 0 Å². The third-order valence-electron chi connectivity index (χ3n) is 4.49. The zero-order valence-electron chi connectivity index (χ0n) is 14.6. The molecule has 1 amide bonds. The summed E-state index contributed by atoms with van der Waals surface area (Å²) in [5.41, 5.74) is 6.61. The van der Waals surface area contributed by atoms with Crippen molar-refractivity contribution in [1.29, 1.82) is 0 Å². The topological polar surface area (TPSA) is 76.4 Å². The smallest absolute Gasteiger partial charge is 0.406 e. The third kappa shape index (κ3) is 7.51. The highest BCUT2D eigenvalue weighted by atomic mass is 19.4. The van der Waals surface area contributed by atoms with Crippen LogP contribution in [0.2, 0.25) is 0 Å². The molecule has 2 rings (SSSR count). The maximum absolute atomic E-state index is 12.1. The summed E-state index contributed by atoms with van der Waals surface area (Å²) < 4.78 is 40.1. The lowest BCUT2D eigenvalue weighted by Crippen LogP contribution is -2.43. The molecule has 1 fully saturated rings. The Hall–Kier alpha value is -1.96. The SMILES string of the molecule is NC(CC1CCCCC1)C(=O)NCCNc1ccc(OC(F)(F)F)cc1. The van der Waals surface area contributed by atoms with Gasteiger partial charge in [0.15, 0.2) is 0 Å². The van der Waals surface area contributed by atoms with Crippen molar-refractivity contribution >= 4 is 11.6 Å². The highest BCUT2D eigenvalue weighted by Gasteiger charge is 2.30. The van der Waals surface area contributed by atoms with Gasteiger partial charge >= 0.3 is 6.36 Å². The molecule has 1 aromatic rings. The first-order valence-electron chi connectivity index (χ1n) is 8.96. The summed E-state index contributed by atoms with van der Waals surface area (Å²) in [4.78, 5) is 12.0. The standard InChI is InChI=1S/C18H26F3N3O2/c19-18(20,21)26-15-8-6-14(7-9-15)23-10-11-24-17(25)16(22)12-13-4-2-1-3-5-13/h6-9,13,16,23H,1-5,10-12,22H2,(H,24,25). The zero-order valence-corrected chi connectivity index (χ0v) is 14.6. The van der Waals surface area contributed by atoms with Gasteiger partial charge in [-0.25, -0.2) is 0 Å². The predicted molar refractivity (Wildman–Crippen MR) is 93.8 cm³/mol. The lowest BCUT2D eigenvalue weighted by molar-refractivity contribution is -0.274. The van der Waals surface area contributed by atoms with Gasteiger partial charge in [-0.2, -0.15) is 0 Å². The van der Waals surface area contributed by atoms with Gasteiger partial charge in [-0.15, -0.1) is 13.2 Å². The van der Waals surface area contributed by atoms with Crippen LogP contribution in [0.15, 0.2) is 24.3 Å². The second kappa shape index (κ2) is 9.66. The molecule has 0 aliphatic heterocycles. The first kappa shape index (κ1) is 20.4. The van der Waals surface area contributed by atoms with Crippen molar-refractivity contribution in [3.8, 4) is 5.75 Å². The van der Waals surface area contributed by atoms with Crippen molar-refractivity contribution in [2.24, 2.45) is 11.7 Å². The van der Waals surface area contributed by atoms with Gasteiger partial charge in [0.1, 0.15) is 5.75 Å². The van der Waals surface area contributed by atoms with E-state index in [-0.39, 0.29) is 11.7 Å². The molecule has 146 valence electrons. The molecule has 1 aliphatic rings. The van der Waals surface area contributed by atoms with Crippen molar-refractivity contribution < 1.29 is 22.7 Å². The molecule has 0 bridgehead atoms. The molecular formula is C18H26F3N3O2. The van der Waals surface area contributed by atoms with E-state index in [1.807, 2.05) is 0 Å². The Morgan fingerprint density at radius 1 is 1.15 bits per heavy atom. The molecule has 0 aromatic heterocycles. The van der Waals surface area contributed by atoms with Gasteiger partial charge in [-0.3, -0.25) is 4.79 Å². The number of amides is 1. The van der Waals surface area contributed by atoms with Crippen LogP contribution in [0.5, 0.6) is 5.75 Å². The van der Waals surface area contributed by atoms with Crippen LogP contribution in [0.4, 0.5) is 18.9 Å². The van der Waals surface area contributed by atoms with Crippen molar-refractivity contribution in [3.05, 3.63) is 24.3 Å². The fraction of sp³-hybridized carbons (Fsp3) is 0.611. The Labute approximate surface area is 151 Å². The second-order valence-electron chi connectivity index (χ2n) is 6.64. The van der Waals surface area contributed by atoms with Crippen LogP contribution in [0, 0.1) is 5.92 Å². The maximum Gasteiger partial charge on any atom is 0.573 e. The van der Waals surface area contributed by atoms with E-state index in [0.29, 0.717) is 24.7 Å². The molecule has 0 radical (unpaired) electrons. The Balaban J connectivity index is 1.63. The van der Waals surface area contributed by atoms with Gasteiger partial charge in [-0.05, 0) is 36.6 Å². The van der Waals surface area contributed by atoms with E-state index in [0.717, 1.165) is 19.3 Å².